The Balaban J connectivity index is 0.912. The molecular weight excluding hydrogens is 867 g/mol. The summed E-state index contributed by atoms with van der Waals surface area (Å²) >= 11 is 1.86. The molecule has 0 bridgehead atoms. The van der Waals surface area contributed by atoms with E-state index in [4.69, 9.17) is 4.42 Å². The summed E-state index contributed by atoms with van der Waals surface area (Å²) in [5.74, 6) is 0. The first kappa shape index (κ1) is 40.3. The highest BCUT2D eigenvalue weighted by molar-refractivity contribution is 7.25. The molecule has 0 spiro atoms. The van der Waals surface area contributed by atoms with Crippen LogP contribution in [-0.2, 0) is 5.41 Å². The van der Waals surface area contributed by atoms with E-state index in [2.05, 4.69) is 254 Å². The Morgan fingerprint density at radius 3 is 1.60 bits per heavy atom. The van der Waals surface area contributed by atoms with Crippen molar-refractivity contribution < 1.29 is 4.42 Å². The summed E-state index contributed by atoms with van der Waals surface area (Å²) in [6.45, 7) is 0. The average Bonchev–Trinajstić information content (AvgIpc) is 4.10. The summed E-state index contributed by atoms with van der Waals surface area (Å²) < 4.78 is 8.98. The molecule has 14 rings (SSSR count). The molecule has 13 aromatic rings. The molecule has 2 aromatic heterocycles. The van der Waals surface area contributed by atoms with Crippen LogP contribution >= 0.6 is 11.3 Å². The van der Waals surface area contributed by atoms with E-state index < -0.39 is 5.41 Å². The fourth-order valence-electron chi connectivity index (χ4n) is 11.4. The van der Waals surface area contributed by atoms with Crippen LogP contribution in [0.5, 0.6) is 0 Å². The lowest BCUT2D eigenvalue weighted by Crippen LogP contribution is -2.28. The van der Waals surface area contributed by atoms with Crippen LogP contribution in [-0.4, -0.2) is 0 Å². The molecule has 0 amide bonds. The van der Waals surface area contributed by atoms with Crippen LogP contribution in [0.1, 0.15) is 22.3 Å². The standard InChI is InChI=1S/C67H43NOS/c1-3-17-50(18-4-1)67(51-19-5-2-6-20-51)59-24-10-7-23-57(59)66-60(67)25-14-26-61(66)68(53-37-31-45(32-38-53)49-33-39-55-54-21-8-11-27-62(54)69-63(55)43-49)52-35-29-44(30-36-52)46-15-13-16-47(41-46)48-34-40-65-58(42-48)56-22-9-12-28-64(56)70-65/h1-43H. The first-order valence-electron chi connectivity index (χ1n) is 24.0. The van der Waals surface area contributed by atoms with E-state index in [9.17, 15) is 0 Å². The molecule has 1 aliphatic rings. The van der Waals surface area contributed by atoms with Crippen molar-refractivity contribution in [1.29, 1.82) is 0 Å². The Labute approximate surface area is 410 Å². The van der Waals surface area contributed by atoms with E-state index in [-0.39, 0.29) is 0 Å². The number of anilines is 3. The largest absolute Gasteiger partial charge is 0.456 e. The molecule has 0 aliphatic heterocycles. The van der Waals surface area contributed by atoms with Crippen molar-refractivity contribution >= 4 is 70.5 Å². The zero-order chi connectivity index (χ0) is 46.2. The number of fused-ring (bicyclic) bond motifs is 9. The Morgan fingerprint density at radius 1 is 0.329 bits per heavy atom. The van der Waals surface area contributed by atoms with Crippen molar-refractivity contribution in [2.24, 2.45) is 0 Å². The molecule has 0 radical (unpaired) electrons. The predicted octanol–water partition coefficient (Wildman–Crippen LogP) is 18.8. The van der Waals surface area contributed by atoms with E-state index in [1.165, 1.54) is 75.8 Å². The second-order valence-corrected chi connectivity index (χ2v) is 19.4. The quantitative estimate of drug-likeness (QED) is 0.151. The molecule has 328 valence electrons. The Bertz CT molecular complexity index is 4070. The van der Waals surface area contributed by atoms with Crippen LogP contribution in [0.4, 0.5) is 17.1 Å². The minimum Gasteiger partial charge on any atom is -0.456 e. The second-order valence-electron chi connectivity index (χ2n) is 18.4. The summed E-state index contributed by atoms with van der Waals surface area (Å²) in [7, 11) is 0. The van der Waals surface area contributed by atoms with Crippen LogP contribution in [0.25, 0.3) is 86.6 Å². The van der Waals surface area contributed by atoms with Gasteiger partial charge < -0.3 is 9.32 Å². The molecule has 1 aliphatic carbocycles. The van der Waals surface area contributed by atoms with Gasteiger partial charge in [0.25, 0.3) is 0 Å². The van der Waals surface area contributed by atoms with Crippen LogP contribution in [0.3, 0.4) is 0 Å². The fraction of sp³-hybridized carbons (Fsp3) is 0.0149. The molecule has 0 fully saturated rings. The number of thiophene rings is 1. The van der Waals surface area contributed by atoms with Crippen LogP contribution in [0, 0.1) is 0 Å². The molecule has 0 atom stereocenters. The number of furan rings is 1. The molecule has 70 heavy (non-hydrogen) atoms. The topological polar surface area (TPSA) is 16.4 Å². The first-order chi connectivity index (χ1) is 34.7. The van der Waals surface area contributed by atoms with Gasteiger partial charge >= 0.3 is 0 Å². The first-order valence-corrected chi connectivity index (χ1v) is 24.8. The van der Waals surface area contributed by atoms with Gasteiger partial charge in [0.05, 0.1) is 11.1 Å². The third-order valence-electron chi connectivity index (χ3n) is 14.6. The lowest BCUT2D eigenvalue weighted by Gasteiger charge is -2.34. The molecule has 0 unspecified atom stereocenters. The third-order valence-corrected chi connectivity index (χ3v) is 15.7. The lowest BCUT2D eigenvalue weighted by molar-refractivity contribution is 0.669. The maximum atomic E-state index is 6.33. The minimum atomic E-state index is -0.523. The van der Waals surface area contributed by atoms with E-state index in [0.717, 1.165) is 50.1 Å². The fourth-order valence-corrected chi connectivity index (χ4v) is 12.5. The molecular formula is C67H43NOS. The van der Waals surface area contributed by atoms with Crippen LogP contribution in [0.15, 0.2) is 265 Å². The van der Waals surface area contributed by atoms with Crippen molar-refractivity contribution in [2.75, 3.05) is 4.90 Å². The van der Waals surface area contributed by atoms with E-state index in [1.807, 2.05) is 23.5 Å². The van der Waals surface area contributed by atoms with Crippen LogP contribution < -0.4 is 4.90 Å². The van der Waals surface area contributed by atoms with Gasteiger partial charge in [0, 0.05) is 47.9 Å². The summed E-state index contributed by atoms with van der Waals surface area (Å²) in [6, 6.07) is 95.6. The number of benzene rings is 11. The average molecular weight is 910 g/mol. The SMILES string of the molecule is c1ccc(C2(c3ccccc3)c3ccccc3-c3c(N(c4ccc(-c5cccc(-c6ccc7sc8ccccc8c7c6)c5)cc4)c4ccc(-c5ccc6c(c5)oc5ccccc56)cc4)cccc32)cc1. The van der Waals surface area contributed by atoms with Crippen molar-refractivity contribution in [1.82, 2.24) is 0 Å². The number of nitrogens with zero attached hydrogens (tertiary/aromatic N) is 1. The minimum absolute atomic E-state index is 0.523. The van der Waals surface area contributed by atoms with Crippen LogP contribution in [0.2, 0.25) is 0 Å². The van der Waals surface area contributed by atoms with Crippen molar-refractivity contribution in [3.05, 3.63) is 283 Å². The summed E-state index contributed by atoms with van der Waals surface area (Å²) in [4.78, 5) is 2.45. The van der Waals surface area contributed by atoms with Gasteiger partial charge in [-0.1, -0.05) is 188 Å². The number of hydrogen-bond donors (Lipinski definition) is 0. The molecule has 0 N–H and O–H groups in total. The van der Waals surface area contributed by atoms with E-state index >= 15 is 0 Å². The highest BCUT2D eigenvalue weighted by atomic mass is 32.1. The summed E-state index contributed by atoms with van der Waals surface area (Å²) in [5.41, 5.74) is 19.1. The van der Waals surface area contributed by atoms with Gasteiger partial charge in [-0.15, -0.1) is 11.3 Å². The molecule has 2 nitrogen and oxygen atoms in total. The van der Waals surface area contributed by atoms with Crippen molar-refractivity contribution in [2.45, 2.75) is 5.41 Å². The second kappa shape index (κ2) is 16.2. The van der Waals surface area contributed by atoms with Gasteiger partial charge in [-0.2, -0.15) is 0 Å². The van der Waals surface area contributed by atoms with E-state index in [0.29, 0.717) is 0 Å². The smallest absolute Gasteiger partial charge is 0.136 e. The number of rotatable bonds is 8. The van der Waals surface area contributed by atoms with Gasteiger partial charge in [0.15, 0.2) is 0 Å². The van der Waals surface area contributed by atoms with Gasteiger partial charge in [0.2, 0.25) is 0 Å². The monoisotopic (exact) mass is 909 g/mol. The van der Waals surface area contributed by atoms with Gasteiger partial charge in [0.1, 0.15) is 11.2 Å². The number of hydrogen-bond acceptors (Lipinski definition) is 3. The van der Waals surface area contributed by atoms with Crippen molar-refractivity contribution in [3.8, 4) is 44.5 Å². The van der Waals surface area contributed by atoms with Crippen molar-refractivity contribution in [3.63, 3.8) is 0 Å². The van der Waals surface area contributed by atoms with Gasteiger partial charge in [-0.25, -0.2) is 0 Å². The van der Waals surface area contributed by atoms with E-state index in [1.54, 1.807) is 0 Å². The summed E-state index contributed by atoms with van der Waals surface area (Å²) in [6.07, 6.45) is 0. The number of para-hydroxylation sites is 1. The zero-order valence-corrected chi connectivity index (χ0v) is 38.9. The lowest BCUT2D eigenvalue weighted by atomic mass is 9.68. The molecule has 0 saturated heterocycles. The summed E-state index contributed by atoms with van der Waals surface area (Å²) in [5, 5.41) is 4.90. The molecule has 0 saturated carbocycles. The Hall–Kier alpha value is -8.76. The molecule has 2 heterocycles. The molecule has 11 aromatic carbocycles. The van der Waals surface area contributed by atoms with Gasteiger partial charge in [-0.05, 0) is 134 Å². The highest BCUT2D eigenvalue weighted by Gasteiger charge is 2.47. The third kappa shape index (κ3) is 6.32. The molecule has 3 heteroatoms. The van der Waals surface area contributed by atoms with Gasteiger partial charge in [-0.3, -0.25) is 0 Å². The Kier molecular flexibility index (Phi) is 9.33. The maximum Gasteiger partial charge on any atom is 0.136 e. The highest BCUT2D eigenvalue weighted by Crippen LogP contribution is 2.59. The Morgan fingerprint density at radius 2 is 0.857 bits per heavy atom. The zero-order valence-electron chi connectivity index (χ0n) is 38.1. The maximum absolute atomic E-state index is 6.33. The normalized spacial score (nSPS) is 12.7. The predicted molar refractivity (Wildman–Crippen MR) is 295 cm³/mol.